The normalized spacial score (nSPS) is 10.7. The highest BCUT2D eigenvalue weighted by Crippen LogP contribution is 2.27. The molecule has 0 aliphatic rings. The molecule has 2 aromatic rings. The summed E-state index contributed by atoms with van der Waals surface area (Å²) in [5, 5.41) is 0. The first-order valence-electron chi connectivity index (χ1n) is 5.50. The molecule has 0 bridgehead atoms. The molecule has 5 heteroatoms. The highest BCUT2D eigenvalue weighted by atomic mass is 79.9. The first-order chi connectivity index (χ1) is 9.02. The van der Waals surface area contributed by atoms with E-state index in [1.165, 1.54) is 11.1 Å². The van der Waals surface area contributed by atoms with E-state index in [1.54, 1.807) is 0 Å². The van der Waals surface area contributed by atoms with E-state index in [1.807, 2.05) is 11.8 Å². The van der Waals surface area contributed by atoms with Gasteiger partial charge in [0, 0.05) is 29.4 Å². The fraction of sp³-hybridized carbons (Fsp3) is 0.143. The second kappa shape index (κ2) is 7.64. The molecule has 0 spiro atoms. The van der Waals surface area contributed by atoms with Crippen molar-refractivity contribution in [2.75, 3.05) is 0 Å². The van der Waals surface area contributed by atoms with Crippen molar-refractivity contribution in [1.29, 1.82) is 0 Å². The fourth-order valence-electron chi connectivity index (χ4n) is 1.68. The van der Waals surface area contributed by atoms with Crippen LogP contribution in [0.3, 0.4) is 0 Å². The number of hydrogen-bond acceptors (Lipinski definition) is 1. The van der Waals surface area contributed by atoms with Crippen molar-refractivity contribution in [3.05, 3.63) is 65.4 Å². The van der Waals surface area contributed by atoms with Crippen molar-refractivity contribution in [2.24, 2.45) is 0 Å². The van der Waals surface area contributed by atoms with Crippen molar-refractivity contribution in [1.82, 2.24) is 0 Å². The van der Waals surface area contributed by atoms with Gasteiger partial charge in [0.1, 0.15) is 0 Å². The number of rotatable bonds is 4. The zero-order chi connectivity index (χ0) is 13.8. The maximum absolute atomic E-state index is 3.52. The zero-order valence-corrected chi connectivity index (χ0v) is 17.0. The summed E-state index contributed by atoms with van der Waals surface area (Å²) >= 11 is 16.0. The lowest BCUT2D eigenvalue weighted by molar-refractivity contribution is 1.34. The maximum atomic E-state index is 3.52. The molecular weight excluding hydrogens is 520 g/mol. The Balaban J connectivity index is 1.96. The predicted molar refractivity (Wildman–Crippen MR) is 98.7 cm³/mol. The van der Waals surface area contributed by atoms with Crippen LogP contribution in [0, 0.1) is 0 Å². The smallest absolute Gasteiger partial charge is 0.0189 e. The van der Waals surface area contributed by atoms with Crippen LogP contribution >= 0.6 is 75.5 Å². The van der Waals surface area contributed by atoms with Gasteiger partial charge in [0.05, 0.1) is 0 Å². The molecule has 0 amide bonds. The van der Waals surface area contributed by atoms with E-state index in [0.717, 1.165) is 29.4 Å². The van der Waals surface area contributed by atoms with Crippen LogP contribution in [0.5, 0.6) is 0 Å². The molecule has 0 aliphatic carbocycles. The predicted octanol–water partition coefficient (Wildman–Crippen LogP) is 7.17. The summed E-state index contributed by atoms with van der Waals surface area (Å²) in [5.41, 5.74) is 2.64. The quantitative estimate of drug-likeness (QED) is 0.405. The molecule has 0 saturated heterocycles. The van der Waals surface area contributed by atoms with Gasteiger partial charge in [0.2, 0.25) is 0 Å². The van der Waals surface area contributed by atoms with Crippen molar-refractivity contribution in [3.8, 4) is 0 Å². The van der Waals surface area contributed by atoms with E-state index in [-0.39, 0.29) is 0 Å². The number of thioether (sulfide) groups is 1. The molecule has 0 nitrogen and oxygen atoms in total. The lowest BCUT2D eigenvalue weighted by Crippen LogP contribution is -1.85. The Morgan fingerprint density at radius 1 is 0.579 bits per heavy atom. The van der Waals surface area contributed by atoms with Crippen LogP contribution < -0.4 is 0 Å². The second-order valence-electron chi connectivity index (χ2n) is 4.05. The topological polar surface area (TPSA) is 0 Å². The summed E-state index contributed by atoms with van der Waals surface area (Å²) in [6, 6.07) is 12.8. The minimum Gasteiger partial charge on any atom is -0.152 e. The SMILES string of the molecule is Brc1cc(Br)cc(CSCc2cc(Br)cc(Br)c2)c1. The van der Waals surface area contributed by atoms with Crippen LogP contribution in [0.25, 0.3) is 0 Å². The Kier molecular flexibility index (Phi) is 6.47. The molecule has 0 radical (unpaired) electrons. The van der Waals surface area contributed by atoms with Crippen LogP contribution in [-0.4, -0.2) is 0 Å². The van der Waals surface area contributed by atoms with E-state index in [2.05, 4.69) is 100 Å². The van der Waals surface area contributed by atoms with Gasteiger partial charge in [-0.15, -0.1) is 0 Å². The highest BCUT2D eigenvalue weighted by molar-refractivity contribution is 9.11. The monoisotopic (exact) mass is 526 g/mol. The lowest BCUT2D eigenvalue weighted by atomic mass is 10.2. The summed E-state index contributed by atoms with van der Waals surface area (Å²) < 4.78 is 4.45. The summed E-state index contributed by atoms with van der Waals surface area (Å²) in [4.78, 5) is 0. The van der Waals surface area contributed by atoms with Crippen molar-refractivity contribution in [2.45, 2.75) is 11.5 Å². The van der Waals surface area contributed by atoms with E-state index in [9.17, 15) is 0 Å². The molecule has 0 unspecified atom stereocenters. The number of halogens is 4. The summed E-state index contributed by atoms with van der Waals surface area (Å²) in [7, 11) is 0. The lowest BCUT2D eigenvalue weighted by Gasteiger charge is -2.05. The number of hydrogen-bond donors (Lipinski definition) is 0. The average Bonchev–Trinajstić information content (AvgIpc) is 2.26. The molecular formula is C14H10Br4S. The Hall–Kier alpha value is 0.710. The summed E-state index contributed by atoms with van der Waals surface area (Å²) in [6.45, 7) is 0. The second-order valence-corrected chi connectivity index (χ2v) is 8.70. The van der Waals surface area contributed by atoms with Gasteiger partial charge >= 0.3 is 0 Å². The van der Waals surface area contributed by atoms with Crippen molar-refractivity contribution in [3.63, 3.8) is 0 Å². The first-order valence-corrected chi connectivity index (χ1v) is 9.83. The third-order valence-corrected chi connectivity index (χ3v) is 5.29. The molecule has 19 heavy (non-hydrogen) atoms. The molecule has 0 N–H and O–H groups in total. The molecule has 0 heterocycles. The third kappa shape index (κ3) is 5.54. The van der Waals surface area contributed by atoms with Crippen LogP contribution in [0.15, 0.2) is 54.3 Å². The van der Waals surface area contributed by atoms with Gasteiger partial charge in [0.15, 0.2) is 0 Å². The molecule has 2 aromatic carbocycles. The van der Waals surface area contributed by atoms with E-state index >= 15 is 0 Å². The Morgan fingerprint density at radius 3 is 1.21 bits per heavy atom. The Morgan fingerprint density at radius 2 is 0.895 bits per heavy atom. The minimum atomic E-state index is 1.00. The molecule has 0 fully saturated rings. The standard InChI is InChI=1S/C14H10Br4S/c15-11-1-9(2-12(16)5-11)7-19-8-10-3-13(17)6-14(18)4-10/h1-6H,7-8H2. The van der Waals surface area contributed by atoms with Gasteiger partial charge in [-0.2, -0.15) is 11.8 Å². The van der Waals surface area contributed by atoms with Gasteiger partial charge in [-0.3, -0.25) is 0 Å². The average molecular weight is 530 g/mol. The minimum absolute atomic E-state index is 1.00. The van der Waals surface area contributed by atoms with Crippen LogP contribution in [0.2, 0.25) is 0 Å². The summed E-state index contributed by atoms with van der Waals surface area (Å²) in [6.07, 6.45) is 0. The van der Waals surface area contributed by atoms with E-state index in [4.69, 9.17) is 0 Å². The molecule has 0 atom stereocenters. The van der Waals surface area contributed by atoms with Crippen LogP contribution in [0.4, 0.5) is 0 Å². The molecule has 100 valence electrons. The molecule has 0 aliphatic heterocycles. The van der Waals surface area contributed by atoms with Gasteiger partial charge < -0.3 is 0 Å². The third-order valence-electron chi connectivity index (χ3n) is 2.38. The van der Waals surface area contributed by atoms with Crippen LogP contribution in [-0.2, 0) is 11.5 Å². The maximum Gasteiger partial charge on any atom is 0.0189 e. The van der Waals surface area contributed by atoms with Crippen molar-refractivity contribution < 1.29 is 0 Å². The summed E-state index contributed by atoms with van der Waals surface area (Å²) in [5.74, 6) is 2.00. The zero-order valence-electron chi connectivity index (χ0n) is 9.80. The molecule has 2 rings (SSSR count). The first kappa shape index (κ1) is 16.1. The van der Waals surface area contributed by atoms with Crippen LogP contribution in [0.1, 0.15) is 11.1 Å². The fourth-order valence-corrected chi connectivity index (χ4v) is 5.36. The van der Waals surface area contributed by atoms with Gasteiger partial charge in [-0.1, -0.05) is 63.7 Å². The van der Waals surface area contributed by atoms with E-state index in [0.29, 0.717) is 0 Å². The highest BCUT2D eigenvalue weighted by Gasteiger charge is 2.01. The molecule has 0 aromatic heterocycles. The van der Waals surface area contributed by atoms with Gasteiger partial charge in [-0.05, 0) is 47.5 Å². The van der Waals surface area contributed by atoms with Crippen molar-refractivity contribution >= 4 is 75.5 Å². The number of benzene rings is 2. The molecule has 0 saturated carbocycles. The largest absolute Gasteiger partial charge is 0.152 e. The Bertz CT molecular complexity index is 492. The van der Waals surface area contributed by atoms with Gasteiger partial charge in [-0.25, -0.2) is 0 Å². The Labute approximate surface area is 151 Å². The van der Waals surface area contributed by atoms with E-state index < -0.39 is 0 Å². The van der Waals surface area contributed by atoms with Gasteiger partial charge in [0.25, 0.3) is 0 Å².